The van der Waals surface area contributed by atoms with Crippen molar-refractivity contribution >= 4 is 35.0 Å². The molecule has 0 radical (unpaired) electrons. The molecule has 0 unspecified atom stereocenters. The Labute approximate surface area is 154 Å². The first kappa shape index (κ1) is 18.3. The van der Waals surface area contributed by atoms with E-state index in [1.807, 2.05) is 0 Å². The van der Waals surface area contributed by atoms with Gasteiger partial charge in [0.1, 0.15) is 12.0 Å². The van der Waals surface area contributed by atoms with E-state index in [0.717, 1.165) is 6.20 Å². The van der Waals surface area contributed by atoms with Crippen LogP contribution in [0.1, 0.15) is 39.8 Å². The van der Waals surface area contributed by atoms with E-state index >= 15 is 0 Å². The van der Waals surface area contributed by atoms with Gasteiger partial charge < -0.3 is 14.6 Å². The van der Waals surface area contributed by atoms with Crippen molar-refractivity contribution in [2.24, 2.45) is 7.05 Å². The maximum Gasteiger partial charge on any atom is 0.340 e. The van der Waals surface area contributed by atoms with Crippen LogP contribution in [0.3, 0.4) is 0 Å². The number of aromatic nitrogens is 2. The van der Waals surface area contributed by atoms with Crippen LogP contribution >= 0.6 is 0 Å². The molecule has 9 nitrogen and oxygen atoms in total. The van der Waals surface area contributed by atoms with E-state index in [-0.39, 0.29) is 23.7 Å². The predicted molar refractivity (Wildman–Crippen MR) is 98.2 cm³/mol. The molecule has 0 aromatic carbocycles. The summed E-state index contributed by atoms with van der Waals surface area (Å²) in [6.07, 6.45) is 2.70. The molecule has 0 atom stereocenters. The molecule has 2 aromatic rings. The summed E-state index contributed by atoms with van der Waals surface area (Å²) in [5.74, 6) is -0.568. The third kappa shape index (κ3) is 2.97. The molecule has 3 rings (SSSR count). The van der Waals surface area contributed by atoms with E-state index in [9.17, 15) is 19.7 Å². The Morgan fingerprint density at radius 3 is 2.78 bits per heavy atom. The van der Waals surface area contributed by atoms with Gasteiger partial charge in [0.2, 0.25) is 0 Å². The van der Waals surface area contributed by atoms with Crippen LogP contribution in [-0.2, 0) is 16.6 Å². The standard InChI is InChI=1S/C18H18N4O5/c1-5-27-18(24)15-9(2)14(21(4)10(15)3)7-13-12-6-11(22(25)26)8-19-16(12)20-17(13)23/h6-8H,5H2,1-4H3,(H,19,20,23). The van der Waals surface area contributed by atoms with Crippen LogP contribution < -0.4 is 5.32 Å². The lowest BCUT2D eigenvalue weighted by molar-refractivity contribution is -0.385. The quantitative estimate of drug-likeness (QED) is 0.383. The van der Waals surface area contributed by atoms with Gasteiger partial charge in [0.25, 0.3) is 11.6 Å². The lowest BCUT2D eigenvalue weighted by atomic mass is 10.0. The normalized spacial score (nSPS) is 14.2. The summed E-state index contributed by atoms with van der Waals surface area (Å²) < 4.78 is 6.89. The van der Waals surface area contributed by atoms with Crippen molar-refractivity contribution in [3.63, 3.8) is 0 Å². The number of rotatable bonds is 4. The number of hydrogen-bond acceptors (Lipinski definition) is 6. The van der Waals surface area contributed by atoms with Gasteiger partial charge >= 0.3 is 5.97 Å². The second-order valence-electron chi connectivity index (χ2n) is 6.11. The zero-order valence-electron chi connectivity index (χ0n) is 15.3. The van der Waals surface area contributed by atoms with Crippen molar-refractivity contribution in [1.82, 2.24) is 9.55 Å². The van der Waals surface area contributed by atoms with Crippen LogP contribution in [0.15, 0.2) is 12.3 Å². The van der Waals surface area contributed by atoms with Crippen molar-refractivity contribution in [2.45, 2.75) is 20.8 Å². The fourth-order valence-corrected chi connectivity index (χ4v) is 3.14. The number of nitrogens with zero attached hydrogens (tertiary/aromatic N) is 3. The van der Waals surface area contributed by atoms with Gasteiger partial charge in [-0.05, 0) is 32.4 Å². The van der Waals surface area contributed by atoms with Crippen molar-refractivity contribution < 1.29 is 19.2 Å². The number of anilines is 1. The van der Waals surface area contributed by atoms with E-state index in [2.05, 4.69) is 10.3 Å². The van der Waals surface area contributed by atoms with Gasteiger partial charge in [-0.15, -0.1) is 0 Å². The molecule has 2 aromatic heterocycles. The van der Waals surface area contributed by atoms with E-state index in [0.29, 0.717) is 28.1 Å². The molecule has 0 aliphatic carbocycles. The first-order valence-electron chi connectivity index (χ1n) is 8.27. The summed E-state index contributed by atoms with van der Waals surface area (Å²) in [5, 5.41) is 13.6. The minimum absolute atomic E-state index is 0.205. The number of nitrogens with one attached hydrogen (secondary N) is 1. The molecule has 140 valence electrons. The Hall–Kier alpha value is -3.49. The van der Waals surface area contributed by atoms with Crippen LogP contribution in [0.2, 0.25) is 0 Å². The highest BCUT2D eigenvalue weighted by Gasteiger charge is 2.29. The number of hydrogen-bond donors (Lipinski definition) is 1. The molecule has 0 saturated carbocycles. The molecule has 0 saturated heterocycles. The summed E-state index contributed by atoms with van der Waals surface area (Å²) in [6.45, 7) is 5.55. The van der Waals surface area contributed by atoms with Crippen molar-refractivity contribution in [3.8, 4) is 0 Å². The second kappa shape index (κ2) is 6.67. The average molecular weight is 370 g/mol. The monoisotopic (exact) mass is 370 g/mol. The molecule has 0 bridgehead atoms. The number of carbonyl (C=O) groups is 2. The lowest BCUT2D eigenvalue weighted by Crippen LogP contribution is -2.07. The van der Waals surface area contributed by atoms with Crippen LogP contribution in [-0.4, -0.2) is 33.0 Å². The van der Waals surface area contributed by atoms with E-state index in [1.165, 1.54) is 6.07 Å². The average Bonchev–Trinajstić information content (AvgIpc) is 3.03. The van der Waals surface area contributed by atoms with Gasteiger partial charge in [0.05, 0.1) is 22.7 Å². The zero-order chi connectivity index (χ0) is 19.9. The third-order valence-electron chi connectivity index (χ3n) is 4.60. The number of ether oxygens (including phenoxy) is 1. The first-order chi connectivity index (χ1) is 12.8. The Bertz CT molecular complexity index is 1020. The minimum Gasteiger partial charge on any atom is -0.462 e. The maximum absolute atomic E-state index is 12.4. The molecule has 0 fully saturated rings. The number of amides is 1. The SMILES string of the molecule is CCOC(=O)c1c(C)c(C=C2C(=O)Nc3ncc([N+](=O)[O-])cc32)n(C)c1C. The molecule has 1 amide bonds. The Morgan fingerprint density at radius 2 is 2.15 bits per heavy atom. The summed E-state index contributed by atoms with van der Waals surface area (Å²) in [7, 11) is 1.77. The highest BCUT2D eigenvalue weighted by Crippen LogP contribution is 2.35. The van der Waals surface area contributed by atoms with Gasteiger partial charge in [-0.2, -0.15) is 0 Å². The number of carbonyl (C=O) groups excluding carboxylic acids is 2. The van der Waals surface area contributed by atoms with Crippen molar-refractivity contribution in [3.05, 3.63) is 50.5 Å². The van der Waals surface area contributed by atoms with Crippen LogP contribution in [0.5, 0.6) is 0 Å². The second-order valence-corrected chi connectivity index (χ2v) is 6.11. The maximum atomic E-state index is 12.4. The minimum atomic E-state index is -0.565. The van der Waals surface area contributed by atoms with E-state index < -0.39 is 16.8 Å². The number of fused-ring (bicyclic) bond motifs is 1. The highest BCUT2D eigenvalue weighted by molar-refractivity contribution is 6.34. The lowest BCUT2D eigenvalue weighted by Gasteiger charge is -2.03. The fraction of sp³-hybridized carbons (Fsp3) is 0.278. The molecule has 1 aliphatic heterocycles. The molecule has 1 N–H and O–H groups in total. The molecule has 0 spiro atoms. The van der Waals surface area contributed by atoms with E-state index in [1.54, 1.807) is 38.5 Å². The molecule has 9 heteroatoms. The topological polar surface area (TPSA) is 116 Å². The van der Waals surface area contributed by atoms with Crippen molar-refractivity contribution in [1.29, 1.82) is 0 Å². The third-order valence-corrected chi connectivity index (χ3v) is 4.60. The molecule has 3 heterocycles. The van der Waals surface area contributed by atoms with Gasteiger partial charge in [-0.1, -0.05) is 0 Å². The van der Waals surface area contributed by atoms with Gasteiger partial charge in [0, 0.05) is 30.1 Å². The van der Waals surface area contributed by atoms with Gasteiger partial charge in [-0.3, -0.25) is 14.9 Å². The number of esters is 1. The highest BCUT2D eigenvalue weighted by atomic mass is 16.6. The Balaban J connectivity index is 2.15. The zero-order valence-corrected chi connectivity index (χ0v) is 15.3. The summed E-state index contributed by atoms with van der Waals surface area (Å²) in [6, 6.07) is 1.31. The summed E-state index contributed by atoms with van der Waals surface area (Å²) in [4.78, 5) is 39.0. The molecule has 27 heavy (non-hydrogen) atoms. The fourth-order valence-electron chi connectivity index (χ4n) is 3.14. The number of nitro groups is 1. The largest absolute Gasteiger partial charge is 0.462 e. The molecular formula is C18H18N4O5. The molecule has 1 aliphatic rings. The van der Waals surface area contributed by atoms with Gasteiger partial charge in [0.15, 0.2) is 0 Å². The Morgan fingerprint density at radius 1 is 1.44 bits per heavy atom. The van der Waals surface area contributed by atoms with Crippen LogP contribution in [0, 0.1) is 24.0 Å². The predicted octanol–water partition coefficient (Wildman–Crippen LogP) is 2.61. The molecular weight excluding hydrogens is 352 g/mol. The van der Waals surface area contributed by atoms with Crippen molar-refractivity contribution in [2.75, 3.05) is 11.9 Å². The van der Waals surface area contributed by atoms with Crippen LogP contribution in [0.25, 0.3) is 11.6 Å². The van der Waals surface area contributed by atoms with E-state index in [4.69, 9.17) is 4.74 Å². The Kier molecular flexibility index (Phi) is 4.52. The summed E-state index contributed by atoms with van der Waals surface area (Å²) >= 11 is 0. The smallest absolute Gasteiger partial charge is 0.340 e. The van der Waals surface area contributed by atoms with Gasteiger partial charge in [-0.25, -0.2) is 9.78 Å². The number of pyridine rings is 1. The summed E-state index contributed by atoms with van der Waals surface area (Å²) in [5.41, 5.74) is 2.85. The first-order valence-corrected chi connectivity index (χ1v) is 8.27. The van der Waals surface area contributed by atoms with Crippen LogP contribution in [0.4, 0.5) is 11.5 Å².